The third-order valence-corrected chi connectivity index (χ3v) is 4.83. The number of nitrogens with zero attached hydrogens (tertiary/aromatic N) is 2. The number of nitrogens with two attached hydrogens (primary N) is 1. The van der Waals surface area contributed by atoms with E-state index in [0.29, 0.717) is 6.54 Å². The molecule has 0 saturated carbocycles. The highest BCUT2D eigenvalue weighted by Gasteiger charge is 2.35. The van der Waals surface area contributed by atoms with E-state index in [2.05, 4.69) is 4.90 Å². The zero-order chi connectivity index (χ0) is 15.5. The summed E-state index contributed by atoms with van der Waals surface area (Å²) < 4.78 is 0. The van der Waals surface area contributed by atoms with Gasteiger partial charge in [-0.05, 0) is 25.5 Å². The standard InChI is InChI=1S/C16H24ClN3O/c1-3-16(2,12-18)15(21)20-10-8-19(9-11-20)14-7-5-4-6-13(14)17/h4-7H,3,8-12,18H2,1-2H3. The van der Waals surface area contributed by atoms with Crippen LogP contribution in [0.5, 0.6) is 0 Å². The van der Waals surface area contributed by atoms with Crippen molar-refractivity contribution in [1.29, 1.82) is 0 Å². The molecule has 0 bridgehead atoms. The highest BCUT2D eigenvalue weighted by atomic mass is 35.5. The molecule has 5 heteroatoms. The second kappa shape index (κ2) is 6.67. The quantitative estimate of drug-likeness (QED) is 0.929. The van der Waals surface area contributed by atoms with E-state index in [1.165, 1.54) is 0 Å². The number of para-hydroxylation sites is 1. The van der Waals surface area contributed by atoms with Crippen molar-refractivity contribution in [2.75, 3.05) is 37.6 Å². The number of anilines is 1. The Morgan fingerprint density at radius 3 is 2.43 bits per heavy atom. The summed E-state index contributed by atoms with van der Waals surface area (Å²) in [6, 6.07) is 7.84. The number of carbonyl (C=O) groups is 1. The van der Waals surface area contributed by atoms with Crippen LogP contribution in [0, 0.1) is 5.41 Å². The zero-order valence-corrected chi connectivity index (χ0v) is 13.6. The maximum atomic E-state index is 12.6. The molecule has 1 aromatic rings. The van der Waals surface area contributed by atoms with Crippen LogP contribution in [0.3, 0.4) is 0 Å². The minimum absolute atomic E-state index is 0.173. The molecule has 21 heavy (non-hydrogen) atoms. The Labute approximate surface area is 131 Å². The topological polar surface area (TPSA) is 49.6 Å². The molecule has 116 valence electrons. The van der Waals surface area contributed by atoms with Crippen LogP contribution in [-0.2, 0) is 4.79 Å². The first kappa shape index (κ1) is 16.1. The van der Waals surface area contributed by atoms with Gasteiger partial charge in [-0.2, -0.15) is 0 Å². The summed E-state index contributed by atoms with van der Waals surface area (Å²) >= 11 is 6.24. The Hall–Kier alpha value is -1.26. The van der Waals surface area contributed by atoms with Gasteiger partial charge in [0.15, 0.2) is 0 Å². The average molecular weight is 310 g/mol. The molecule has 0 radical (unpaired) electrons. The number of amides is 1. The number of halogens is 1. The second-order valence-corrected chi connectivity index (χ2v) is 6.26. The molecule has 1 heterocycles. The molecule has 0 aromatic heterocycles. The van der Waals surface area contributed by atoms with Crippen LogP contribution in [0.25, 0.3) is 0 Å². The van der Waals surface area contributed by atoms with E-state index in [4.69, 9.17) is 17.3 Å². The average Bonchev–Trinajstić information content (AvgIpc) is 2.54. The van der Waals surface area contributed by atoms with E-state index < -0.39 is 5.41 Å². The van der Waals surface area contributed by atoms with E-state index in [9.17, 15) is 4.79 Å². The number of piperazine rings is 1. The normalized spacial score (nSPS) is 18.5. The van der Waals surface area contributed by atoms with Crippen LogP contribution < -0.4 is 10.6 Å². The lowest BCUT2D eigenvalue weighted by Crippen LogP contribution is -2.54. The van der Waals surface area contributed by atoms with Gasteiger partial charge >= 0.3 is 0 Å². The molecule has 0 aliphatic carbocycles. The van der Waals surface area contributed by atoms with Crippen molar-refractivity contribution in [2.45, 2.75) is 20.3 Å². The molecule has 1 amide bonds. The second-order valence-electron chi connectivity index (χ2n) is 5.85. The van der Waals surface area contributed by atoms with E-state index >= 15 is 0 Å². The van der Waals surface area contributed by atoms with E-state index in [0.717, 1.165) is 43.3 Å². The molecule has 1 aromatic carbocycles. The third kappa shape index (κ3) is 3.33. The predicted molar refractivity (Wildman–Crippen MR) is 87.7 cm³/mol. The number of benzene rings is 1. The maximum absolute atomic E-state index is 12.6. The van der Waals surface area contributed by atoms with E-state index in [1.807, 2.05) is 43.0 Å². The van der Waals surface area contributed by atoms with Gasteiger partial charge in [-0.1, -0.05) is 30.7 Å². The first-order valence-electron chi connectivity index (χ1n) is 7.51. The Kier molecular flexibility index (Phi) is 5.12. The lowest BCUT2D eigenvalue weighted by atomic mass is 9.86. The summed E-state index contributed by atoms with van der Waals surface area (Å²) in [6.45, 7) is 7.42. The maximum Gasteiger partial charge on any atom is 0.229 e. The molecule has 1 fully saturated rings. The SMILES string of the molecule is CCC(C)(CN)C(=O)N1CCN(c2ccccc2Cl)CC1. The van der Waals surface area contributed by atoms with Crippen LogP contribution in [0.4, 0.5) is 5.69 Å². The molecule has 2 N–H and O–H groups in total. The van der Waals surface area contributed by atoms with Crippen molar-refractivity contribution in [3.8, 4) is 0 Å². The Bertz CT molecular complexity index is 494. The highest BCUT2D eigenvalue weighted by molar-refractivity contribution is 6.33. The van der Waals surface area contributed by atoms with Crippen LogP contribution in [0.2, 0.25) is 5.02 Å². The molecular weight excluding hydrogens is 286 g/mol. The highest BCUT2D eigenvalue weighted by Crippen LogP contribution is 2.28. The van der Waals surface area contributed by atoms with Gasteiger partial charge in [0.1, 0.15) is 0 Å². The summed E-state index contributed by atoms with van der Waals surface area (Å²) in [5.41, 5.74) is 6.39. The lowest BCUT2D eigenvalue weighted by Gasteiger charge is -2.40. The van der Waals surface area contributed by atoms with Gasteiger partial charge in [0.2, 0.25) is 5.91 Å². The van der Waals surface area contributed by atoms with E-state index in [1.54, 1.807) is 0 Å². The van der Waals surface area contributed by atoms with Crippen molar-refractivity contribution >= 4 is 23.2 Å². The lowest BCUT2D eigenvalue weighted by molar-refractivity contribution is -0.141. The van der Waals surface area contributed by atoms with Crippen LogP contribution in [-0.4, -0.2) is 43.5 Å². The fraction of sp³-hybridized carbons (Fsp3) is 0.562. The van der Waals surface area contributed by atoms with Crippen molar-refractivity contribution < 1.29 is 4.79 Å². The minimum Gasteiger partial charge on any atom is -0.367 e. The number of hydrogen-bond donors (Lipinski definition) is 1. The molecule has 1 aliphatic heterocycles. The van der Waals surface area contributed by atoms with Crippen molar-refractivity contribution in [1.82, 2.24) is 4.90 Å². The Morgan fingerprint density at radius 1 is 1.29 bits per heavy atom. The first-order valence-corrected chi connectivity index (χ1v) is 7.88. The minimum atomic E-state index is -0.438. The van der Waals surface area contributed by atoms with Crippen LogP contribution in [0.15, 0.2) is 24.3 Å². The number of carbonyl (C=O) groups excluding carboxylic acids is 1. The van der Waals surface area contributed by atoms with E-state index in [-0.39, 0.29) is 5.91 Å². The summed E-state index contributed by atoms with van der Waals surface area (Å²) in [5, 5.41) is 0.762. The summed E-state index contributed by atoms with van der Waals surface area (Å²) in [7, 11) is 0. The third-order valence-electron chi connectivity index (χ3n) is 4.51. The molecule has 2 rings (SSSR count). The van der Waals surface area contributed by atoms with Gasteiger partial charge in [0.05, 0.1) is 16.1 Å². The first-order chi connectivity index (χ1) is 10.0. The van der Waals surface area contributed by atoms with Gasteiger partial charge in [-0.15, -0.1) is 0 Å². The Balaban J connectivity index is 2.01. The molecule has 1 atom stereocenters. The Morgan fingerprint density at radius 2 is 1.90 bits per heavy atom. The van der Waals surface area contributed by atoms with Gasteiger partial charge in [0.25, 0.3) is 0 Å². The molecule has 1 unspecified atom stereocenters. The van der Waals surface area contributed by atoms with Crippen LogP contribution in [0.1, 0.15) is 20.3 Å². The molecule has 1 saturated heterocycles. The molecular formula is C16H24ClN3O. The van der Waals surface area contributed by atoms with Gasteiger partial charge in [-0.3, -0.25) is 4.79 Å². The van der Waals surface area contributed by atoms with Crippen molar-refractivity contribution in [2.24, 2.45) is 11.1 Å². The number of hydrogen-bond acceptors (Lipinski definition) is 3. The summed E-state index contributed by atoms with van der Waals surface area (Å²) in [6.07, 6.45) is 0.771. The van der Waals surface area contributed by atoms with Crippen molar-refractivity contribution in [3.05, 3.63) is 29.3 Å². The van der Waals surface area contributed by atoms with Gasteiger partial charge < -0.3 is 15.5 Å². The zero-order valence-electron chi connectivity index (χ0n) is 12.8. The van der Waals surface area contributed by atoms with Crippen molar-refractivity contribution in [3.63, 3.8) is 0 Å². The number of rotatable bonds is 4. The van der Waals surface area contributed by atoms with Gasteiger partial charge in [-0.25, -0.2) is 0 Å². The molecule has 1 aliphatic rings. The predicted octanol–water partition coefficient (Wildman–Crippen LogP) is 2.36. The molecule has 4 nitrogen and oxygen atoms in total. The van der Waals surface area contributed by atoms with Gasteiger partial charge in [0, 0.05) is 32.7 Å². The largest absolute Gasteiger partial charge is 0.367 e. The molecule has 0 spiro atoms. The smallest absolute Gasteiger partial charge is 0.229 e. The monoisotopic (exact) mass is 309 g/mol. The fourth-order valence-electron chi connectivity index (χ4n) is 2.62. The fourth-order valence-corrected chi connectivity index (χ4v) is 2.88. The van der Waals surface area contributed by atoms with Crippen LogP contribution >= 0.6 is 11.6 Å². The summed E-state index contributed by atoms with van der Waals surface area (Å²) in [5.74, 6) is 0.173. The summed E-state index contributed by atoms with van der Waals surface area (Å²) in [4.78, 5) is 16.8.